The van der Waals surface area contributed by atoms with E-state index in [2.05, 4.69) is 23.7 Å². The fourth-order valence-electron chi connectivity index (χ4n) is 3.97. The van der Waals surface area contributed by atoms with Crippen LogP contribution in [0.1, 0.15) is 35.9 Å². The normalized spacial score (nSPS) is 11.4. The molecule has 4 rings (SSSR count). The summed E-state index contributed by atoms with van der Waals surface area (Å²) >= 11 is 0. The maximum Gasteiger partial charge on any atom is 0.328 e. The summed E-state index contributed by atoms with van der Waals surface area (Å²) in [6, 6.07) is 17.3. The third kappa shape index (κ3) is 3.05. The van der Waals surface area contributed by atoms with Gasteiger partial charge in [-0.1, -0.05) is 36.4 Å². The average molecular weight is 402 g/mol. The van der Waals surface area contributed by atoms with Crippen molar-refractivity contribution in [3.63, 3.8) is 0 Å². The highest BCUT2D eigenvalue weighted by Crippen LogP contribution is 2.34. The van der Waals surface area contributed by atoms with Crippen molar-refractivity contribution in [1.82, 2.24) is 14.0 Å². The second kappa shape index (κ2) is 7.37. The van der Waals surface area contributed by atoms with Gasteiger partial charge in [0, 0.05) is 31.2 Å². The fraction of sp³-hybridized carbons (Fsp3) is 0.250. The summed E-state index contributed by atoms with van der Waals surface area (Å²) in [6.45, 7) is 6.14. The molecule has 0 spiro atoms. The minimum Gasteiger partial charge on any atom is -0.337 e. The van der Waals surface area contributed by atoms with Crippen molar-refractivity contribution in [2.75, 3.05) is 19.4 Å². The summed E-state index contributed by atoms with van der Waals surface area (Å²) in [5, 5.41) is 3.92. The Balaban J connectivity index is 1.99. The zero-order chi connectivity index (χ0) is 21.6. The molecule has 154 valence electrons. The minimum atomic E-state index is -0.310. The van der Waals surface area contributed by atoms with E-state index in [-0.39, 0.29) is 18.0 Å². The predicted molar refractivity (Wildman–Crippen MR) is 121 cm³/mol. The van der Waals surface area contributed by atoms with E-state index in [1.54, 1.807) is 14.1 Å². The average Bonchev–Trinajstić information content (AvgIpc) is 3.23. The van der Waals surface area contributed by atoms with E-state index in [0.717, 1.165) is 33.2 Å². The third-order valence-electron chi connectivity index (χ3n) is 5.37. The summed E-state index contributed by atoms with van der Waals surface area (Å²) in [7, 11) is 3.39. The summed E-state index contributed by atoms with van der Waals surface area (Å²) in [5.41, 5.74) is 4.69. The molecule has 0 bridgehead atoms. The number of rotatable bonds is 3. The van der Waals surface area contributed by atoms with Gasteiger partial charge in [0.1, 0.15) is 5.69 Å². The lowest BCUT2D eigenvalue weighted by Crippen LogP contribution is -2.30. The topological polar surface area (TPSA) is 59.3 Å². The van der Waals surface area contributed by atoms with Crippen LogP contribution in [0.15, 0.2) is 54.6 Å². The van der Waals surface area contributed by atoms with Crippen LogP contribution in [0.5, 0.6) is 0 Å². The number of aromatic nitrogens is 2. The lowest BCUT2D eigenvalue weighted by molar-refractivity contribution is 0.101. The number of fused-ring (bicyclic) bond motifs is 3. The van der Waals surface area contributed by atoms with Crippen LogP contribution in [0.2, 0.25) is 0 Å². The van der Waals surface area contributed by atoms with E-state index >= 15 is 0 Å². The summed E-state index contributed by atoms with van der Waals surface area (Å²) in [6.07, 6.45) is 0. The lowest BCUT2D eigenvalue weighted by Gasteiger charge is -2.15. The number of carbonyl (C=O) groups is 2. The van der Waals surface area contributed by atoms with Crippen molar-refractivity contribution in [2.24, 2.45) is 0 Å². The molecular formula is C24H26N4O2. The van der Waals surface area contributed by atoms with Gasteiger partial charge in [0.2, 0.25) is 0 Å². The number of hydrogen-bond acceptors (Lipinski definition) is 2. The molecule has 6 nitrogen and oxygen atoms in total. The molecule has 0 aliphatic carbocycles. The number of aryl methyl sites for hydroxylation is 1. The molecule has 0 atom stereocenters. The molecule has 0 radical (unpaired) electrons. The van der Waals surface area contributed by atoms with Gasteiger partial charge in [-0.15, -0.1) is 0 Å². The highest BCUT2D eigenvalue weighted by Gasteiger charge is 2.27. The van der Waals surface area contributed by atoms with Gasteiger partial charge in [0.05, 0.1) is 16.6 Å². The van der Waals surface area contributed by atoms with E-state index in [1.165, 1.54) is 9.47 Å². The molecule has 30 heavy (non-hydrogen) atoms. The minimum absolute atomic E-state index is 0.171. The highest BCUT2D eigenvalue weighted by molar-refractivity contribution is 6.16. The van der Waals surface area contributed by atoms with Crippen LogP contribution < -0.4 is 5.32 Å². The molecule has 0 unspecified atom stereocenters. The van der Waals surface area contributed by atoms with Crippen LogP contribution in [0.25, 0.3) is 21.9 Å². The Kier molecular flexibility index (Phi) is 4.86. The van der Waals surface area contributed by atoms with Crippen molar-refractivity contribution in [2.45, 2.75) is 26.8 Å². The Hall–Kier alpha value is -3.54. The third-order valence-corrected chi connectivity index (χ3v) is 5.37. The van der Waals surface area contributed by atoms with Crippen LogP contribution in [0.4, 0.5) is 10.5 Å². The monoisotopic (exact) mass is 402 g/mol. The predicted octanol–water partition coefficient (Wildman–Crippen LogP) is 5.27. The summed E-state index contributed by atoms with van der Waals surface area (Å²) in [4.78, 5) is 28.0. The maximum absolute atomic E-state index is 13.3. The molecule has 0 aliphatic rings. The van der Waals surface area contributed by atoms with Gasteiger partial charge >= 0.3 is 6.03 Å². The van der Waals surface area contributed by atoms with Crippen LogP contribution in [-0.4, -0.2) is 40.1 Å². The first-order valence-electron chi connectivity index (χ1n) is 10.0. The van der Waals surface area contributed by atoms with Crippen molar-refractivity contribution >= 4 is 39.6 Å². The Morgan fingerprint density at radius 2 is 1.63 bits per heavy atom. The van der Waals surface area contributed by atoms with Crippen LogP contribution in [-0.2, 0) is 0 Å². The number of nitrogens with zero attached hydrogens (tertiary/aromatic N) is 3. The second-order valence-electron chi connectivity index (χ2n) is 8.03. The molecule has 0 saturated heterocycles. The van der Waals surface area contributed by atoms with E-state index in [0.29, 0.717) is 5.69 Å². The Bertz CT molecular complexity index is 1280. The molecular weight excluding hydrogens is 376 g/mol. The maximum atomic E-state index is 13.3. The summed E-state index contributed by atoms with van der Waals surface area (Å²) in [5.74, 6) is -0.310. The van der Waals surface area contributed by atoms with Crippen molar-refractivity contribution in [3.8, 4) is 0 Å². The van der Waals surface area contributed by atoms with Crippen LogP contribution >= 0.6 is 0 Å². The van der Waals surface area contributed by atoms with Gasteiger partial charge in [0.15, 0.2) is 0 Å². The molecule has 4 aromatic rings. The Morgan fingerprint density at radius 1 is 0.967 bits per heavy atom. The molecule has 0 aliphatic heterocycles. The molecule has 1 N–H and O–H groups in total. The van der Waals surface area contributed by atoms with Crippen molar-refractivity contribution in [3.05, 3.63) is 65.9 Å². The highest BCUT2D eigenvalue weighted by atomic mass is 16.2. The number of benzene rings is 2. The number of anilines is 1. The Labute approximate surface area is 175 Å². The lowest BCUT2D eigenvalue weighted by atomic mass is 10.2. The second-order valence-corrected chi connectivity index (χ2v) is 8.03. The van der Waals surface area contributed by atoms with Crippen LogP contribution in [0.3, 0.4) is 0 Å². The zero-order valence-corrected chi connectivity index (χ0v) is 17.9. The smallest absolute Gasteiger partial charge is 0.328 e. The van der Waals surface area contributed by atoms with Gasteiger partial charge in [-0.05, 0) is 44.5 Å². The first-order chi connectivity index (χ1) is 14.3. The van der Waals surface area contributed by atoms with E-state index < -0.39 is 0 Å². The van der Waals surface area contributed by atoms with Crippen molar-refractivity contribution in [1.29, 1.82) is 0 Å². The molecule has 2 aromatic heterocycles. The fourth-order valence-corrected chi connectivity index (χ4v) is 3.97. The number of para-hydroxylation sites is 2. The van der Waals surface area contributed by atoms with Gasteiger partial charge < -0.3 is 14.8 Å². The SMILES string of the molecule is Cc1ccccc1NC(=O)c1cc2c(c3ccccc3n2C(C)C)n1C(=O)N(C)C. The van der Waals surface area contributed by atoms with Gasteiger partial charge in [-0.3, -0.25) is 9.36 Å². The number of nitrogens with one attached hydrogen (secondary N) is 1. The summed E-state index contributed by atoms with van der Waals surface area (Å²) < 4.78 is 3.71. The quantitative estimate of drug-likeness (QED) is 0.508. The van der Waals surface area contributed by atoms with E-state index in [1.807, 2.05) is 61.5 Å². The standard InChI is InChI=1S/C24H26N4O2/c1-15(2)27-19-13-9-7-11-17(19)22-20(27)14-21(28(22)24(30)26(4)5)23(29)25-18-12-8-6-10-16(18)3/h6-15H,1-5H3,(H,25,29). The number of hydrogen-bond donors (Lipinski definition) is 1. The molecule has 6 heteroatoms. The first kappa shape index (κ1) is 19.8. The number of carbonyl (C=O) groups excluding carboxylic acids is 2. The molecule has 0 fully saturated rings. The first-order valence-corrected chi connectivity index (χ1v) is 10.0. The van der Waals surface area contributed by atoms with E-state index in [4.69, 9.17) is 0 Å². The van der Waals surface area contributed by atoms with Gasteiger partial charge in [-0.25, -0.2) is 4.79 Å². The Morgan fingerprint density at radius 3 is 2.30 bits per heavy atom. The molecule has 2 aromatic carbocycles. The van der Waals surface area contributed by atoms with E-state index in [9.17, 15) is 9.59 Å². The van der Waals surface area contributed by atoms with Gasteiger partial charge in [-0.2, -0.15) is 0 Å². The molecule has 0 saturated carbocycles. The number of amides is 2. The van der Waals surface area contributed by atoms with Gasteiger partial charge in [0.25, 0.3) is 5.91 Å². The van der Waals surface area contributed by atoms with Crippen LogP contribution in [0, 0.1) is 6.92 Å². The molecule has 2 heterocycles. The van der Waals surface area contributed by atoms with Crippen molar-refractivity contribution < 1.29 is 9.59 Å². The largest absolute Gasteiger partial charge is 0.337 e. The molecule has 2 amide bonds. The zero-order valence-electron chi connectivity index (χ0n) is 17.9.